The van der Waals surface area contributed by atoms with Crippen LogP contribution in [0.5, 0.6) is 11.5 Å². The summed E-state index contributed by atoms with van der Waals surface area (Å²) in [6.07, 6.45) is 2.66. The summed E-state index contributed by atoms with van der Waals surface area (Å²) in [6, 6.07) is 8.09. The van der Waals surface area contributed by atoms with E-state index >= 15 is 0 Å². The summed E-state index contributed by atoms with van der Waals surface area (Å²) in [5.74, 6) is 1.04. The van der Waals surface area contributed by atoms with Crippen LogP contribution in [0.3, 0.4) is 0 Å². The van der Waals surface area contributed by atoms with Crippen LogP contribution in [0.2, 0.25) is 0 Å². The average molecular weight is 732 g/mol. The first-order valence-corrected chi connectivity index (χ1v) is 13.9. The van der Waals surface area contributed by atoms with Gasteiger partial charge in [0.2, 0.25) is 0 Å². The number of aliphatic hydroxyl groups excluding tert-OH is 2. The number of ether oxygens (including phenoxy) is 3. The number of methoxy groups -OCH3 is 1. The number of unbranched alkanes of at least 4 members (excludes halogenated alkanes) is 1. The van der Waals surface area contributed by atoms with Crippen molar-refractivity contribution in [2.45, 2.75) is 38.0 Å². The van der Waals surface area contributed by atoms with Crippen molar-refractivity contribution >= 4 is 69.7 Å². The Bertz CT molecular complexity index is 872. The van der Waals surface area contributed by atoms with Gasteiger partial charge in [-0.05, 0) is 112 Å². The molecule has 0 bridgehead atoms. The SMILES string of the molecule is COC(=O)CCCCC(C)(c1cc(Br)c(OCCO)c(Br)c1)c1cc(Br)c(OCCO)c(Br)c1. The van der Waals surface area contributed by atoms with Crippen LogP contribution in [0.15, 0.2) is 42.2 Å². The van der Waals surface area contributed by atoms with Crippen molar-refractivity contribution in [3.63, 3.8) is 0 Å². The Hall–Kier alpha value is -0.650. The Labute approximate surface area is 233 Å². The molecule has 0 atom stereocenters. The number of hydrogen-bond acceptors (Lipinski definition) is 6. The Morgan fingerprint density at radius 3 is 1.59 bits per heavy atom. The van der Waals surface area contributed by atoms with E-state index in [2.05, 4.69) is 70.6 Å². The molecule has 0 amide bonds. The summed E-state index contributed by atoms with van der Waals surface area (Å²) >= 11 is 14.4. The Morgan fingerprint density at radius 2 is 1.24 bits per heavy atom. The zero-order valence-electron chi connectivity index (χ0n) is 19.0. The van der Waals surface area contributed by atoms with Gasteiger partial charge in [0.25, 0.3) is 0 Å². The largest absolute Gasteiger partial charge is 0.489 e. The molecular formula is C24H28Br4O6. The lowest BCUT2D eigenvalue weighted by molar-refractivity contribution is -0.140. The number of aliphatic hydroxyl groups is 2. The predicted octanol–water partition coefficient (Wildman–Crippen LogP) is 6.52. The van der Waals surface area contributed by atoms with Gasteiger partial charge >= 0.3 is 5.97 Å². The van der Waals surface area contributed by atoms with Crippen LogP contribution in [0.25, 0.3) is 0 Å². The van der Waals surface area contributed by atoms with Crippen LogP contribution in [0.4, 0.5) is 0 Å². The maximum Gasteiger partial charge on any atom is 0.305 e. The van der Waals surface area contributed by atoms with Crippen LogP contribution in [-0.2, 0) is 14.9 Å². The molecule has 0 saturated heterocycles. The lowest BCUT2D eigenvalue weighted by Crippen LogP contribution is -2.24. The topological polar surface area (TPSA) is 85.2 Å². The van der Waals surface area contributed by atoms with E-state index in [-0.39, 0.29) is 32.4 Å². The third kappa shape index (κ3) is 7.67. The number of benzene rings is 2. The summed E-state index contributed by atoms with van der Waals surface area (Å²) in [4.78, 5) is 11.6. The maximum absolute atomic E-state index is 11.6. The summed E-state index contributed by atoms with van der Waals surface area (Å²) < 4.78 is 19.2. The van der Waals surface area contributed by atoms with Crippen molar-refractivity contribution in [3.8, 4) is 11.5 Å². The quantitative estimate of drug-likeness (QED) is 0.181. The van der Waals surface area contributed by atoms with Crippen molar-refractivity contribution in [1.29, 1.82) is 0 Å². The van der Waals surface area contributed by atoms with Crippen molar-refractivity contribution < 1.29 is 29.2 Å². The van der Waals surface area contributed by atoms with E-state index in [1.54, 1.807) is 0 Å². The lowest BCUT2D eigenvalue weighted by Gasteiger charge is -2.33. The molecule has 188 valence electrons. The molecule has 0 heterocycles. The van der Waals surface area contributed by atoms with Gasteiger partial charge in [-0.1, -0.05) is 13.3 Å². The van der Waals surface area contributed by atoms with Crippen LogP contribution >= 0.6 is 63.7 Å². The average Bonchev–Trinajstić information content (AvgIpc) is 2.80. The standard InChI is InChI=1S/C24H28Br4O6/c1-24(6-4-3-5-21(31)32-2,15-11-17(25)22(18(26)12-15)33-9-7-29)16-13-19(27)23(20(28)14-16)34-10-8-30/h11-14,29-30H,3-10H2,1-2H3. The van der Waals surface area contributed by atoms with Crippen molar-refractivity contribution in [2.75, 3.05) is 33.5 Å². The van der Waals surface area contributed by atoms with E-state index in [9.17, 15) is 4.79 Å². The fraction of sp³-hybridized carbons (Fsp3) is 0.458. The first-order valence-electron chi connectivity index (χ1n) is 10.7. The molecule has 10 heteroatoms. The number of carbonyl (C=O) groups is 1. The second-order valence-corrected chi connectivity index (χ2v) is 11.2. The summed E-state index contributed by atoms with van der Waals surface area (Å²) in [5, 5.41) is 18.3. The molecule has 0 radical (unpaired) electrons. The van der Waals surface area contributed by atoms with E-state index in [1.807, 2.05) is 24.3 Å². The fourth-order valence-electron chi connectivity index (χ4n) is 3.63. The highest BCUT2D eigenvalue weighted by atomic mass is 79.9. The van der Waals surface area contributed by atoms with E-state index < -0.39 is 5.41 Å². The second-order valence-electron chi connectivity index (χ2n) is 7.80. The zero-order chi connectivity index (χ0) is 25.3. The number of esters is 1. The minimum atomic E-state index is -0.419. The Balaban J connectivity index is 2.50. The zero-order valence-corrected chi connectivity index (χ0v) is 25.3. The minimum Gasteiger partial charge on any atom is -0.489 e. The number of hydrogen-bond donors (Lipinski definition) is 2. The molecule has 0 spiro atoms. The van der Waals surface area contributed by atoms with E-state index in [4.69, 9.17) is 24.4 Å². The van der Waals surface area contributed by atoms with Crippen LogP contribution in [0.1, 0.15) is 43.7 Å². The van der Waals surface area contributed by atoms with Crippen molar-refractivity contribution in [2.24, 2.45) is 0 Å². The molecule has 0 aliphatic carbocycles. The lowest BCUT2D eigenvalue weighted by atomic mass is 9.72. The number of rotatable bonds is 13. The van der Waals surface area contributed by atoms with Crippen LogP contribution < -0.4 is 9.47 Å². The summed E-state index contributed by atoms with van der Waals surface area (Å²) in [5.41, 5.74) is 1.67. The first-order chi connectivity index (χ1) is 16.2. The highest BCUT2D eigenvalue weighted by Crippen LogP contribution is 2.46. The predicted molar refractivity (Wildman–Crippen MR) is 146 cm³/mol. The van der Waals surface area contributed by atoms with Crippen LogP contribution in [-0.4, -0.2) is 49.7 Å². The molecule has 0 fully saturated rings. The highest BCUT2D eigenvalue weighted by molar-refractivity contribution is 9.11. The minimum absolute atomic E-state index is 0.0781. The molecule has 2 aromatic rings. The Kier molecular flexibility index (Phi) is 12.3. The normalized spacial score (nSPS) is 11.4. The molecule has 2 rings (SSSR count). The van der Waals surface area contributed by atoms with Gasteiger partial charge in [-0.15, -0.1) is 0 Å². The number of carbonyl (C=O) groups excluding carboxylic acids is 1. The van der Waals surface area contributed by atoms with Gasteiger partial charge in [0, 0.05) is 11.8 Å². The molecule has 2 N–H and O–H groups in total. The monoisotopic (exact) mass is 728 g/mol. The smallest absolute Gasteiger partial charge is 0.305 e. The van der Waals surface area contributed by atoms with E-state index in [1.165, 1.54) is 7.11 Å². The van der Waals surface area contributed by atoms with Gasteiger partial charge in [0.15, 0.2) is 0 Å². The molecule has 2 aromatic carbocycles. The highest BCUT2D eigenvalue weighted by Gasteiger charge is 2.32. The van der Waals surface area contributed by atoms with Crippen molar-refractivity contribution in [1.82, 2.24) is 0 Å². The fourth-order valence-corrected chi connectivity index (χ4v) is 6.46. The van der Waals surface area contributed by atoms with Gasteiger partial charge in [-0.3, -0.25) is 4.79 Å². The third-order valence-corrected chi connectivity index (χ3v) is 7.84. The molecule has 0 aliphatic heterocycles. The van der Waals surface area contributed by atoms with Crippen LogP contribution in [0, 0.1) is 0 Å². The third-order valence-electron chi connectivity index (χ3n) is 5.48. The maximum atomic E-state index is 11.6. The van der Waals surface area contributed by atoms with Gasteiger partial charge in [0.05, 0.1) is 38.2 Å². The summed E-state index contributed by atoms with van der Waals surface area (Å²) in [6.45, 7) is 2.39. The van der Waals surface area contributed by atoms with E-state index in [0.717, 1.165) is 41.9 Å². The number of halogens is 4. The van der Waals surface area contributed by atoms with Gasteiger partial charge < -0.3 is 24.4 Å². The van der Waals surface area contributed by atoms with Crippen molar-refractivity contribution in [3.05, 3.63) is 53.3 Å². The molecule has 6 nitrogen and oxygen atoms in total. The van der Waals surface area contributed by atoms with Gasteiger partial charge in [-0.25, -0.2) is 0 Å². The molecule has 0 aromatic heterocycles. The van der Waals surface area contributed by atoms with E-state index in [0.29, 0.717) is 24.3 Å². The first kappa shape index (κ1) is 29.6. The second kappa shape index (κ2) is 14.2. The molecule has 0 saturated carbocycles. The molecule has 0 unspecified atom stereocenters. The molecular weight excluding hydrogens is 704 g/mol. The Morgan fingerprint density at radius 1 is 0.824 bits per heavy atom. The molecule has 0 aliphatic rings. The summed E-state index contributed by atoms with van der Waals surface area (Å²) in [7, 11) is 1.40. The van der Waals surface area contributed by atoms with Gasteiger partial charge in [0.1, 0.15) is 24.7 Å². The van der Waals surface area contributed by atoms with Gasteiger partial charge in [-0.2, -0.15) is 0 Å². The molecule has 34 heavy (non-hydrogen) atoms.